The normalized spacial score (nSPS) is 12.0. The Labute approximate surface area is 179 Å². The smallest absolute Gasteiger partial charge is 0.264 e. The Bertz CT molecular complexity index is 1080. The van der Waals surface area contributed by atoms with Crippen LogP contribution in [0.2, 0.25) is 0 Å². The van der Waals surface area contributed by atoms with Crippen molar-refractivity contribution in [2.45, 2.75) is 12.8 Å². The van der Waals surface area contributed by atoms with Gasteiger partial charge in [-0.05, 0) is 47.9 Å². The monoisotopic (exact) mass is 422 g/mol. The number of hydrogen-bond acceptors (Lipinski definition) is 6. The molecule has 0 fully saturated rings. The largest absolute Gasteiger partial charge is 0.493 e. The minimum Gasteiger partial charge on any atom is -0.493 e. The summed E-state index contributed by atoms with van der Waals surface area (Å²) in [7, 11) is 1.57. The average molecular weight is 423 g/mol. The predicted octanol–water partition coefficient (Wildman–Crippen LogP) is 4.50. The van der Waals surface area contributed by atoms with Crippen molar-refractivity contribution in [3.8, 4) is 28.5 Å². The van der Waals surface area contributed by atoms with Crippen molar-refractivity contribution in [3.63, 3.8) is 0 Å². The van der Waals surface area contributed by atoms with Crippen LogP contribution >= 0.6 is 11.3 Å². The molecule has 30 heavy (non-hydrogen) atoms. The molecule has 0 saturated heterocycles. The Morgan fingerprint density at radius 1 is 1.30 bits per heavy atom. The van der Waals surface area contributed by atoms with Crippen LogP contribution in [0.1, 0.15) is 11.1 Å². The summed E-state index contributed by atoms with van der Waals surface area (Å²) in [6.45, 7) is 4.32. The first-order valence-corrected chi connectivity index (χ1v) is 10.5. The maximum absolute atomic E-state index is 12.3. The number of nitrogens with one attached hydrogen (secondary N) is 1. The van der Waals surface area contributed by atoms with Crippen LogP contribution in [0.15, 0.2) is 54.4 Å². The summed E-state index contributed by atoms with van der Waals surface area (Å²) in [4.78, 5) is 16.8. The highest BCUT2D eigenvalue weighted by molar-refractivity contribution is 7.14. The number of anilines is 1. The zero-order valence-corrected chi connectivity index (χ0v) is 17.5. The number of benzene rings is 2. The van der Waals surface area contributed by atoms with Crippen molar-refractivity contribution in [2.75, 3.05) is 25.6 Å². The van der Waals surface area contributed by atoms with Crippen molar-refractivity contribution in [2.24, 2.45) is 0 Å². The maximum atomic E-state index is 12.3. The molecule has 1 aliphatic heterocycles. The summed E-state index contributed by atoms with van der Waals surface area (Å²) < 4.78 is 16.5. The van der Waals surface area contributed by atoms with Crippen LogP contribution in [0.4, 0.5) is 5.13 Å². The first-order chi connectivity index (χ1) is 14.7. The van der Waals surface area contributed by atoms with Crippen LogP contribution in [0.25, 0.3) is 11.3 Å². The van der Waals surface area contributed by atoms with Gasteiger partial charge in [0.2, 0.25) is 0 Å². The molecule has 0 radical (unpaired) electrons. The molecule has 2 aromatic carbocycles. The number of hydrogen-bond donors (Lipinski definition) is 1. The van der Waals surface area contributed by atoms with Crippen LogP contribution < -0.4 is 19.5 Å². The third kappa shape index (κ3) is 4.46. The molecule has 154 valence electrons. The molecule has 1 aromatic heterocycles. The van der Waals surface area contributed by atoms with E-state index >= 15 is 0 Å². The van der Waals surface area contributed by atoms with Gasteiger partial charge in [0.15, 0.2) is 23.2 Å². The maximum Gasteiger partial charge on any atom is 0.264 e. The molecule has 0 bridgehead atoms. The summed E-state index contributed by atoms with van der Waals surface area (Å²) in [5, 5.41) is 5.25. The molecule has 1 amide bonds. The molecule has 1 aliphatic rings. The second kappa shape index (κ2) is 9.00. The van der Waals surface area contributed by atoms with E-state index in [1.807, 2.05) is 35.7 Å². The number of fused-ring (bicyclic) bond motifs is 1. The number of rotatable bonds is 8. The van der Waals surface area contributed by atoms with Gasteiger partial charge in [-0.1, -0.05) is 12.1 Å². The second-order valence-electron chi connectivity index (χ2n) is 6.77. The summed E-state index contributed by atoms with van der Waals surface area (Å²) in [5.74, 6) is 1.75. The summed E-state index contributed by atoms with van der Waals surface area (Å²) in [5.41, 5.74) is 4.08. The van der Waals surface area contributed by atoms with Crippen LogP contribution in [-0.2, 0) is 17.6 Å². The molecule has 0 unspecified atom stereocenters. The fourth-order valence-electron chi connectivity index (χ4n) is 3.23. The van der Waals surface area contributed by atoms with Gasteiger partial charge >= 0.3 is 0 Å². The average Bonchev–Trinajstić information content (AvgIpc) is 3.41. The first kappa shape index (κ1) is 20.0. The molecule has 0 spiro atoms. The quantitative estimate of drug-likeness (QED) is 0.541. The number of amides is 1. The molecule has 0 atom stereocenters. The molecule has 2 heterocycles. The first-order valence-electron chi connectivity index (χ1n) is 9.58. The fraction of sp³-hybridized carbons (Fsp3) is 0.217. The van der Waals surface area contributed by atoms with Gasteiger partial charge in [-0.2, -0.15) is 0 Å². The van der Waals surface area contributed by atoms with Crippen molar-refractivity contribution >= 4 is 22.4 Å². The van der Waals surface area contributed by atoms with E-state index < -0.39 is 0 Å². The van der Waals surface area contributed by atoms with Gasteiger partial charge in [0.1, 0.15) is 5.75 Å². The minimum atomic E-state index is -0.282. The fourth-order valence-corrected chi connectivity index (χ4v) is 3.97. The van der Waals surface area contributed by atoms with Gasteiger partial charge in [-0.3, -0.25) is 10.1 Å². The van der Waals surface area contributed by atoms with Crippen molar-refractivity contribution in [1.82, 2.24) is 4.98 Å². The molecule has 0 aliphatic carbocycles. The number of carbonyl (C=O) groups excluding carboxylic acids is 1. The van der Waals surface area contributed by atoms with Gasteiger partial charge in [0.25, 0.3) is 5.91 Å². The van der Waals surface area contributed by atoms with Gasteiger partial charge in [-0.25, -0.2) is 4.98 Å². The Hall–Kier alpha value is -3.32. The molecular weight excluding hydrogens is 400 g/mol. The highest BCUT2D eigenvalue weighted by Gasteiger charge is 2.15. The van der Waals surface area contributed by atoms with Gasteiger partial charge in [0, 0.05) is 17.4 Å². The van der Waals surface area contributed by atoms with E-state index in [-0.39, 0.29) is 12.5 Å². The van der Waals surface area contributed by atoms with E-state index in [2.05, 4.69) is 22.9 Å². The number of methoxy groups -OCH3 is 1. The Morgan fingerprint density at radius 3 is 3.03 bits per heavy atom. The lowest BCUT2D eigenvalue weighted by atomic mass is 10.1. The van der Waals surface area contributed by atoms with E-state index in [1.165, 1.54) is 16.9 Å². The standard InChI is InChI=1S/C23H22N2O4S/c1-3-4-15-5-7-20(21(11-15)27-2)29-13-22(26)25-23-24-18(14-30-23)16-6-8-19-17(12-16)9-10-28-19/h3,5-8,11-12,14H,1,4,9-10,13H2,2H3,(H,24,25,26). The van der Waals surface area contributed by atoms with Crippen LogP contribution in [0, 0.1) is 0 Å². The molecule has 3 aromatic rings. The Kier molecular flexibility index (Phi) is 5.99. The van der Waals surface area contributed by atoms with E-state index in [9.17, 15) is 4.79 Å². The van der Waals surface area contributed by atoms with Gasteiger partial charge in [-0.15, -0.1) is 17.9 Å². The van der Waals surface area contributed by atoms with E-state index in [0.717, 1.165) is 42.0 Å². The molecule has 7 heteroatoms. The highest BCUT2D eigenvalue weighted by Crippen LogP contribution is 2.32. The number of nitrogens with zero attached hydrogens (tertiary/aromatic N) is 1. The molecule has 6 nitrogen and oxygen atoms in total. The molecule has 0 saturated carbocycles. The number of aromatic nitrogens is 1. The predicted molar refractivity (Wildman–Crippen MR) is 118 cm³/mol. The number of ether oxygens (including phenoxy) is 3. The zero-order valence-electron chi connectivity index (χ0n) is 16.6. The van der Waals surface area contributed by atoms with Crippen LogP contribution in [0.5, 0.6) is 17.2 Å². The number of carbonyl (C=O) groups is 1. The van der Waals surface area contributed by atoms with E-state index in [0.29, 0.717) is 16.6 Å². The zero-order chi connectivity index (χ0) is 20.9. The van der Waals surface area contributed by atoms with E-state index in [1.54, 1.807) is 13.2 Å². The lowest BCUT2D eigenvalue weighted by Crippen LogP contribution is -2.20. The summed E-state index contributed by atoms with van der Waals surface area (Å²) in [6, 6.07) is 11.6. The molecule has 1 N–H and O–H groups in total. The summed E-state index contributed by atoms with van der Waals surface area (Å²) in [6.07, 6.45) is 3.47. The van der Waals surface area contributed by atoms with Crippen LogP contribution in [-0.4, -0.2) is 31.2 Å². The molecule has 4 rings (SSSR count). The van der Waals surface area contributed by atoms with Crippen molar-refractivity contribution in [3.05, 3.63) is 65.6 Å². The van der Waals surface area contributed by atoms with E-state index in [4.69, 9.17) is 14.2 Å². The number of allylic oxidation sites excluding steroid dienone is 1. The lowest BCUT2D eigenvalue weighted by molar-refractivity contribution is -0.118. The molecular formula is C23H22N2O4S. The third-order valence-corrected chi connectivity index (χ3v) is 5.46. The van der Waals surface area contributed by atoms with Crippen LogP contribution in [0.3, 0.4) is 0 Å². The number of thiazole rings is 1. The SMILES string of the molecule is C=CCc1ccc(OCC(=O)Nc2nc(-c3ccc4c(c3)CCO4)cs2)c(OC)c1. The van der Waals surface area contributed by atoms with Gasteiger partial charge < -0.3 is 14.2 Å². The lowest BCUT2D eigenvalue weighted by Gasteiger charge is -2.11. The third-order valence-electron chi connectivity index (χ3n) is 4.70. The highest BCUT2D eigenvalue weighted by atomic mass is 32.1. The Balaban J connectivity index is 1.36. The van der Waals surface area contributed by atoms with Gasteiger partial charge in [0.05, 0.1) is 19.4 Å². The topological polar surface area (TPSA) is 69.7 Å². The van der Waals surface area contributed by atoms with Crippen molar-refractivity contribution < 1.29 is 19.0 Å². The summed E-state index contributed by atoms with van der Waals surface area (Å²) >= 11 is 1.38. The Morgan fingerprint density at radius 2 is 2.20 bits per heavy atom. The minimum absolute atomic E-state index is 0.137. The second-order valence-corrected chi connectivity index (χ2v) is 7.63. The van der Waals surface area contributed by atoms with Crippen molar-refractivity contribution in [1.29, 1.82) is 0 Å².